The molecule has 1 aromatic heterocycles. The molecule has 0 bridgehead atoms. The van der Waals surface area contributed by atoms with Crippen molar-refractivity contribution < 1.29 is 14.3 Å². The lowest BCUT2D eigenvalue weighted by Crippen LogP contribution is -2.29. The van der Waals surface area contributed by atoms with Crippen molar-refractivity contribution in [2.75, 3.05) is 38.7 Å². The number of hydrogen-bond acceptors (Lipinski definition) is 6. The van der Waals surface area contributed by atoms with Gasteiger partial charge < -0.3 is 24.7 Å². The second-order valence-electron chi connectivity index (χ2n) is 9.86. The fraction of sp³-hybridized carbons (Fsp3) is 0.429. The number of benzene rings is 2. The number of anilines is 1. The van der Waals surface area contributed by atoms with Crippen LogP contribution in [0.15, 0.2) is 48.9 Å². The largest absolute Gasteiger partial charge is 0.488 e. The maximum absolute atomic E-state index is 13.3. The normalized spacial score (nSPS) is 20.1. The number of aryl methyl sites for hydroxylation is 2. The zero-order valence-corrected chi connectivity index (χ0v) is 21.3. The van der Waals surface area contributed by atoms with Crippen LogP contribution in [0.3, 0.4) is 0 Å². The Labute approximate surface area is 212 Å². The number of amides is 1. The van der Waals surface area contributed by atoms with Crippen molar-refractivity contribution in [1.82, 2.24) is 19.8 Å². The van der Waals surface area contributed by atoms with Crippen molar-refractivity contribution >= 4 is 11.6 Å². The van der Waals surface area contributed by atoms with E-state index in [4.69, 9.17) is 9.47 Å². The molecule has 36 heavy (non-hydrogen) atoms. The Morgan fingerprint density at radius 3 is 2.81 bits per heavy atom. The van der Waals surface area contributed by atoms with E-state index in [1.165, 1.54) is 0 Å². The minimum Gasteiger partial charge on any atom is -0.488 e. The van der Waals surface area contributed by atoms with Crippen LogP contribution in [-0.2, 0) is 11.3 Å². The number of likely N-dealkylation sites (tertiary alicyclic amines) is 1. The number of ether oxygens (including phenoxy) is 2. The first-order valence-corrected chi connectivity index (χ1v) is 12.7. The van der Waals surface area contributed by atoms with Crippen LogP contribution in [0, 0.1) is 13.8 Å². The monoisotopic (exact) mass is 489 g/mol. The van der Waals surface area contributed by atoms with E-state index >= 15 is 0 Å². The van der Waals surface area contributed by atoms with E-state index in [-0.39, 0.29) is 12.0 Å². The lowest BCUT2D eigenvalue weighted by molar-refractivity contribution is 0.102. The van der Waals surface area contributed by atoms with E-state index in [2.05, 4.69) is 32.7 Å². The molecule has 0 spiro atoms. The molecule has 8 nitrogen and oxygen atoms in total. The highest BCUT2D eigenvalue weighted by Gasteiger charge is 2.22. The van der Waals surface area contributed by atoms with Crippen molar-refractivity contribution in [3.8, 4) is 11.4 Å². The van der Waals surface area contributed by atoms with E-state index < -0.39 is 0 Å². The lowest BCUT2D eigenvalue weighted by Gasteiger charge is -2.18. The average molecular weight is 490 g/mol. The van der Waals surface area contributed by atoms with Gasteiger partial charge in [-0.15, -0.1) is 0 Å². The van der Waals surface area contributed by atoms with Crippen LogP contribution >= 0.6 is 0 Å². The molecule has 5 rings (SSSR count). The maximum atomic E-state index is 13.3. The summed E-state index contributed by atoms with van der Waals surface area (Å²) < 4.78 is 13.5. The molecule has 0 saturated carbocycles. The minimum absolute atomic E-state index is 0.0352. The highest BCUT2D eigenvalue weighted by molar-refractivity contribution is 6.04. The fourth-order valence-corrected chi connectivity index (χ4v) is 4.88. The van der Waals surface area contributed by atoms with Gasteiger partial charge in [-0.1, -0.05) is 6.07 Å². The molecule has 3 aromatic rings. The molecule has 2 fully saturated rings. The fourth-order valence-electron chi connectivity index (χ4n) is 4.88. The van der Waals surface area contributed by atoms with Crippen LogP contribution in [0.4, 0.5) is 5.69 Å². The number of rotatable bonds is 8. The molecule has 2 atom stereocenters. The standard InChI is InChI=1S/C28H35N5O3/c1-19-4-5-22(12-27(19)36-26-7-9-35-17-26)28(34)31-24-10-21(15-32-8-6-23(16-32)29-3)11-25(13-24)33-14-20(2)30-18-33/h4-5,10-14,18,23,26,29H,6-9,15-17H2,1-3H3,(H,31,34)/t23-,26+/m0/s1. The minimum atomic E-state index is -0.163. The van der Waals surface area contributed by atoms with Gasteiger partial charge in [-0.25, -0.2) is 4.98 Å². The average Bonchev–Trinajstić information content (AvgIpc) is 3.63. The molecule has 2 aliphatic heterocycles. The van der Waals surface area contributed by atoms with Crippen LogP contribution in [0.1, 0.15) is 40.0 Å². The van der Waals surface area contributed by atoms with Crippen LogP contribution < -0.4 is 15.4 Å². The van der Waals surface area contributed by atoms with Crippen molar-refractivity contribution in [3.63, 3.8) is 0 Å². The summed E-state index contributed by atoms with van der Waals surface area (Å²) in [6.07, 6.45) is 5.85. The molecule has 190 valence electrons. The van der Waals surface area contributed by atoms with Crippen molar-refractivity contribution in [2.45, 2.75) is 45.4 Å². The number of aromatic nitrogens is 2. The lowest BCUT2D eigenvalue weighted by atomic mass is 10.1. The predicted molar refractivity (Wildman–Crippen MR) is 140 cm³/mol. The molecule has 0 radical (unpaired) electrons. The highest BCUT2D eigenvalue weighted by Crippen LogP contribution is 2.26. The zero-order chi connectivity index (χ0) is 25.1. The number of carbonyl (C=O) groups excluding carboxylic acids is 1. The van der Waals surface area contributed by atoms with E-state index in [0.29, 0.717) is 24.8 Å². The van der Waals surface area contributed by atoms with Gasteiger partial charge in [0.25, 0.3) is 5.91 Å². The molecule has 0 unspecified atom stereocenters. The number of nitrogens with one attached hydrogen (secondary N) is 2. The smallest absolute Gasteiger partial charge is 0.255 e. The molecule has 2 saturated heterocycles. The number of carbonyl (C=O) groups is 1. The molecule has 8 heteroatoms. The van der Waals surface area contributed by atoms with E-state index in [9.17, 15) is 4.79 Å². The van der Waals surface area contributed by atoms with Crippen molar-refractivity contribution in [2.24, 2.45) is 0 Å². The van der Waals surface area contributed by atoms with Gasteiger partial charge in [0.1, 0.15) is 11.9 Å². The first kappa shape index (κ1) is 24.5. The van der Waals surface area contributed by atoms with Gasteiger partial charge in [-0.05, 0) is 68.8 Å². The summed E-state index contributed by atoms with van der Waals surface area (Å²) in [6.45, 7) is 8.17. The predicted octanol–water partition coefficient (Wildman–Crippen LogP) is 3.70. The molecule has 0 aliphatic carbocycles. The first-order valence-electron chi connectivity index (χ1n) is 12.7. The van der Waals surface area contributed by atoms with E-state index in [1.54, 1.807) is 0 Å². The quantitative estimate of drug-likeness (QED) is 0.502. The summed E-state index contributed by atoms with van der Waals surface area (Å²) in [5.41, 5.74) is 5.40. The van der Waals surface area contributed by atoms with Gasteiger partial charge in [0.15, 0.2) is 0 Å². The number of hydrogen-bond donors (Lipinski definition) is 2. The molecule has 3 heterocycles. The Hall–Kier alpha value is -3.20. The SMILES string of the molecule is CN[C@H]1CCN(Cc2cc(NC(=O)c3ccc(C)c(O[C@@H]4CCOC4)c3)cc(-n3cnc(C)c3)c2)C1. The maximum Gasteiger partial charge on any atom is 0.255 e. The van der Waals surface area contributed by atoms with Gasteiger partial charge in [0, 0.05) is 55.2 Å². The van der Waals surface area contributed by atoms with Crippen LogP contribution in [0.5, 0.6) is 5.75 Å². The van der Waals surface area contributed by atoms with Crippen LogP contribution in [0.25, 0.3) is 5.69 Å². The Balaban J connectivity index is 1.37. The van der Waals surface area contributed by atoms with Gasteiger partial charge in [-0.2, -0.15) is 0 Å². The summed E-state index contributed by atoms with van der Waals surface area (Å²) in [5.74, 6) is 0.568. The molecule has 2 N–H and O–H groups in total. The van der Waals surface area contributed by atoms with Gasteiger partial charge in [0.2, 0.25) is 0 Å². The summed E-state index contributed by atoms with van der Waals surface area (Å²) in [4.78, 5) is 20.1. The summed E-state index contributed by atoms with van der Waals surface area (Å²) in [6, 6.07) is 12.4. The second kappa shape index (κ2) is 10.8. The van der Waals surface area contributed by atoms with Crippen molar-refractivity contribution in [1.29, 1.82) is 0 Å². The third-order valence-electron chi connectivity index (χ3n) is 6.96. The molecular weight excluding hydrogens is 454 g/mol. The molecular formula is C28H35N5O3. The molecule has 2 aromatic carbocycles. The number of nitrogens with zero attached hydrogens (tertiary/aromatic N) is 3. The summed E-state index contributed by atoms with van der Waals surface area (Å²) in [7, 11) is 2.02. The van der Waals surface area contributed by atoms with E-state index in [0.717, 1.165) is 66.4 Å². The first-order chi connectivity index (χ1) is 17.5. The van der Waals surface area contributed by atoms with E-state index in [1.807, 2.05) is 62.3 Å². The Morgan fingerprint density at radius 1 is 1.19 bits per heavy atom. The second-order valence-corrected chi connectivity index (χ2v) is 9.86. The summed E-state index contributed by atoms with van der Waals surface area (Å²) in [5, 5.41) is 6.50. The Bertz CT molecular complexity index is 1220. The Kier molecular flexibility index (Phi) is 7.36. The van der Waals surface area contributed by atoms with Crippen molar-refractivity contribution in [3.05, 3.63) is 71.3 Å². The van der Waals surface area contributed by atoms with Crippen LogP contribution in [-0.4, -0.2) is 65.9 Å². The van der Waals surface area contributed by atoms with Gasteiger partial charge >= 0.3 is 0 Å². The topological polar surface area (TPSA) is 80.6 Å². The molecule has 2 aliphatic rings. The van der Waals surface area contributed by atoms with Gasteiger partial charge in [-0.3, -0.25) is 9.69 Å². The number of likely N-dealkylation sites (N-methyl/N-ethyl adjacent to an activating group) is 1. The van der Waals surface area contributed by atoms with Gasteiger partial charge in [0.05, 0.1) is 25.2 Å². The Morgan fingerprint density at radius 2 is 2.08 bits per heavy atom. The van der Waals surface area contributed by atoms with Crippen LogP contribution in [0.2, 0.25) is 0 Å². The number of imidazole rings is 1. The highest BCUT2D eigenvalue weighted by atomic mass is 16.5. The summed E-state index contributed by atoms with van der Waals surface area (Å²) >= 11 is 0. The molecule has 1 amide bonds. The third kappa shape index (κ3) is 5.78. The zero-order valence-electron chi connectivity index (χ0n) is 21.3. The third-order valence-corrected chi connectivity index (χ3v) is 6.96.